The van der Waals surface area contributed by atoms with E-state index in [-0.39, 0.29) is 5.75 Å². The Labute approximate surface area is 111 Å². The van der Waals surface area contributed by atoms with Gasteiger partial charge in [-0.3, -0.25) is 4.79 Å². The van der Waals surface area contributed by atoms with Crippen molar-refractivity contribution in [1.29, 1.82) is 0 Å². The van der Waals surface area contributed by atoms with E-state index in [0.29, 0.717) is 10.4 Å². The van der Waals surface area contributed by atoms with Crippen LogP contribution in [0.5, 0.6) is 5.75 Å². The van der Waals surface area contributed by atoms with E-state index < -0.39 is 6.36 Å². The summed E-state index contributed by atoms with van der Waals surface area (Å²) in [4.78, 5) is 11.2. The minimum absolute atomic E-state index is 0.250. The highest BCUT2D eigenvalue weighted by atomic mass is 32.1. The summed E-state index contributed by atoms with van der Waals surface area (Å²) in [6, 6.07) is 5.83. The standard InChI is InChI=1S/C13H9F3O2S/c1-8-4-10(18-13(14,15)16)2-3-12(8)9-5-11(6-17)19-7-9/h2-7H,1H3. The summed E-state index contributed by atoms with van der Waals surface area (Å²) in [6.45, 7) is 1.69. The van der Waals surface area contributed by atoms with Crippen molar-refractivity contribution in [2.75, 3.05) is 0 Å². The van der Waals surface area contributed by atoms with Crippen LogP contribution in [0.1, 0.15) is 15.2 Å². The zero-order chi connectivity index (χ0) is 14.0. The van der Waals surface area contributed by atoms with E-state index in [2.05, 4.69) is 4.74 Å². The van der Waals surface area contributed by atoms with Gasteiger partial charge < -0.3 is 4.74 Å². The zero-order valence-electron chi connectivity index (χ0n) is 9.82. The number of aryl methyl sites for hydroxylation is 1. The van der Waals surface area contributed by atoms with Crippen molar-refractivity contribution < 1.29 is 22.7 Å². The number of ether oxygens (including phenoxy) is 1. The van der Waals surface area contributed by atoms with Crippen molar-refractivity contribution in [2.24, 2.45) is 0 Å². The molecule has 0 fully saturated rings. The highest BCUT2D eigenvalue weighted by molar-refractivity contribution is 7.12. The van der Waals surface area contributed by atoms with Gasteiger partial charge in [-0.25, -0.2) is 0 Å². The third-order valence-electron chi connectivity index (χ3n) is 2.48. The third-order valence-corrected chi connectivity index (χ3v) is 3.34. The predicted octanol–water partition coefficient (Wildman–Crippen LogP) is 4.43. The monoisotopic (exact) mass is 286 g/mol. The first kappa shape index (κ1) is 13.6. The molecule has 1 aromatic carbocycles. The number of rotatable bonds is 3. The quantitative estimate of drug-likeness (QED) is 0.780. The summed E-state index contributed by atoms with van der Waals surface area (Å²) >= 11 is 1.29. The smallest absolute Gasteiger partial charge is 0.406 e. The Hall–Kier alpha value is -1.82. The van der Waals surface area contributed by atoms with E-state index in [1.165, 1.54) is 23.5 Å². The van der Waals surface area contributed by atoms with Gasteiger partial charge in [0.05, 0.1) is 4.88 Å². The van der Waals surface area contributed by atoms with E-state index >= 15 is 0 Å². The largest absolute Gasteiger partial charge is 0.573 e. The first-order chi connectivity index (χ1) is 8.89. The molecule has 0 amide bonds. The Morgan fingerprint density at radius 2 is 2.00 bits per heavy atom. The molecule has 100 valence electrons. The highest BCUT2D eigenvalue weighted by Crippen LogP contribution is 2.31. The summed E-state index contributed by atoms with van der Waals surface area (Å²) < 4.78 is 40.1. The number of hydrogen-bond acceptors (Lipinski definition) is 3. The van der Waals surface area contributed by atoms with Crippen molar-refractivity contribution >= 4 is 17.6 Å². The molecule has 6 heteroatoms. The van der Waals surface area contributed by atoms with Crippen molar-refractivity contribution in [3.05, 3.63) is 40.1 Å². The molecule has 0 aliphatic rings. The lowest BCUT2D eigenvalue weighted by atomic mass is 10.0. The maximum Gasteiger partial charge on any atom is 0.573 e. The van der Waals surface area contributed by atoms with Gasteiger partial charge in [0.25, 0.3) is 0 Å². The number of hydrogen-bond donors (Lipinski definition) is 0. The van der Waals surface area contributed by atoms with Crippen LogP contribution in [0.4, 0.5) is 13.2 Å². The Kier molecular flexibility index (Phi) is 3.61. The zero-order valence-corrected chi connectivity index (χ0v) is 10.6. The Morgan fingerprint density at radius 1 is 1.26 bits per heavy atom. The average molecular weight is 286 g/mol. The Balaban J connectivity index is 2.31. The normalized spacial score (nSPS) is 11.4. The van der Waals surface area contributed by atoms with E-state index in [1.54, 1.807) is 24.4 Å². The average Bonchev–Trinajstić information content (AvgIpc) is 2.75. The summed E-state index contributed by atoms with van der Waals surface area (Å²) in [6.07, 6.45) is -3.95. The van der Waals surface area contributed by atoms with Crippen LogP contribution < -0.4 is 4.74 Å². The van der Waals surface area contributed by atoms with Gasteiger partial charge in [0.2, 0.25) is 0 Å². The van der Waals surface area contributed by atoms with Crippen LogP contribution in [0.25, 0.3) is 11.1 Å². The Bertz CT molecular complexity index is 602. The third kappa shape index (κ3) is 3.35. The minimum Gasteiger partial charge on any atom is -0.406 e. The summed E-state index contributed by atoms with van der Waals surface area (Å²) in [7, 11) is 0. The number of carbonyl (C=O) groups is 1. The molecule has 0 unspecified atom stereocenters. The van der Waals surface area contributed by atoms with Crippen molar-refractivity contribution in [1.82, 2.24) is 0 Å². The van der Waals surface area contributed by atoms with Gasteiger partial charge in [0.1, 0.15) is 5.75 Å². The number of benzene rings is 1. The molecule has 0 atom stereocenters. The van der Waals surface area contributed by atoms with Gasteiger partial charge >= 0.3 is 6.36 Å². The van der Waals surface area contributed by atoms with Crippen LogP contribution in [0.3, 0.4) is 0 Å². The summed E-state index contributed by atoms with van der Waals surface area (Å²) in [5.74, 6) is -0.250. The maximum absolute atomic E-state index is 12.1. The lowest BCUT2D eigenvalue weighted by Gasteiger charge is -2.11. The summed E-state index contributed by atoms with van der Waals surface area (Å²) in [5.41, 5.74) is 2.24. The molecule has 0 aliphatic heterocycles. The fourth-order valence-electron chi connectivity index (χ4n) is 1.71. The van der Waals surface area contributed by atoms with Crippen LogP contribution in [0.2, 0.25) is 0 Å². The van der Waals surface area contributed by atoms with Crippen LogP contribution in [-0.2, 0) is 0 Å². The van der Waals surface area contributed by atoms with Gasteiger partial charge in [0, 0.05) is 0 Å². The molecular formula is C13H9F3O2S. The summed E-state index contributed by atoms with van der Waals surface area (Å²) in [5, 5.41) is 1.79. The number of carbonyl (C=O) groups excluding carboxylic acids is 1. The van der Waals surface area contributed by atoms with Crippen LogP contribution >= 0.6 is 11.3 Å². The molecule has 2 rings (SSSR count). The lowest BCUT2D eigenvalue weighted by Crippen LogP contribution is -2.17. The van der Waals surface area contributed by atoms with Gasteiger partial charge in [-0.1, -0.05) is 6.07 Å². The molecule has 0 saturated heterocycles. The molecule has 0 spiro atoms. The molecule has 2 aromatic rings. The molecule has 19 heavy (non-hydrogen) atoms. The number of halogens is 3. The number of aldehydes is 1. The minimum atomic E-state index is -4.69. The molecule has 0 bridgehead atoms. The maximum atomic E-state index is 12.1. The highest BCUT2D eigenvalue weighted by Gasteiger charge is 2.31. The molecule has 0 radical (unpaired) electrons. The first-order valence-corrected chi connectivity index (χ1v) is 6.17. The first-order valence-electron chi connectivity index (χ1n) is 5.29. The fraction of sp³-hybridized carbons (Fsp3) is 0.154. The second kappa shape index (κ2) is 5.05. The van der Waals surface area contributed by atoms with Crippen LogP contribution in [0.15, 0.2) is 29.6 Å². The predicted molar refractivity (Wildman–Crippen MR) is 66.6 cm³/mol. The van der Waals surface area contributed by atoms with Gasteiger partial charge in [-0.05, 0) is 47.2 Å². The molecule has 1 heterocycles. The second-order valence-electron chi connectivity index (χ2n) is 3.88. The molecule has 2 nitrogen and oxygen atoms in total. The van der Waals surface area contributed by atoms with Crippen molar-refractivity contribution in [2.45, 2.75) is 13.3 Å². The van der Waals surface area contributed by atoms with Crippen LogP contribution in [-0.4, -0.2) is 12.6 Å². The van der Waals surface area contributed by atoms with E-state index in [9.17, 15) is 18.0 Å². The molecule has 0 aliphatic carbocycles. The van der Waals surface area contributed by atoms with Crippen molar-refractivity contribution in [3.8, 4) is 16.9 Å². The molecule has 0 saturated carbocycles. The SMILES string of the molecule is Cc1cc(OC(F)(F)F)ccc1-c1csc(C=O)c1. The number of alkyl halides is 3. The Morgan fingerprint density at radius 3 is 2.53 bits per heavy atom. The van der Waals surface area contributed by atoms with E-state index in [0.717, 1.165) is 17.4 Å². The molecule has 1 aromatic heterocycles. The van der Waals surface area contributed by atoms with Crippen molar-refractivity contribution in [3.63, 3.8) is 0 Å². The van der Waals surface area contributed by atoms with E-state index in [1.807, 2.05) is 0 Å². The van der Waals surface area contributed by atoms with Gasteiger partial charge in [-0.2, -0.15) is 0 Å². The molecule has 0 N–H and O–H groups in total. The molecular weight excluding hydrogens is 277 g/mol. The van der Waals surface area contributed by atoms with Gasteiger partial charge in [-0.15, -0.1) is 24.5 Å². The number of thiophene rings is 1. The second-order valence-corrected chi connectivity index (χ2v) is 4.82. The van der Waals surface area contributed by atoms with Crippen LogP contribution in [0, 0.1) is 6.92 Å². The van der Waals surface area contributed by atoms with E-state index in [4.69, 9.17) is 0 Å². The fourth-order valence-corrected chi connectivity index (χ4v) is 2.42. The topological polar surface area (TPSA) is 26.3 Å². The lowest BCUT2D eigenvalue weighted by molar-refractivity contribution is -0.274. The van der Waals surface area contributed by atoms with Gasteiger partial charge in [0.15, 0.2) is 6.29 Å².